The molecule has 0 unspecified atom stereocenters. The maximum Gasteiger partial charge on any atom is 0.407 e. The van der Waals surface area contributed by atoms with Gasteiger partial charge < -0.3 is 53.8 Å². The van der Waals surface area contributed by atoms with Gasteiger partial charge in [-0.1, -0.05) is 44.2 Å². The number of alkyl carbamates (subject to hydrolysis) is 2. The highest BCUT2D eigenvalue weighted by Gasteiger charge is 2.47. The Hall–Kier alpha value is -4.76. The molecule has 1 spiro atoms. The van der Waals surface area contributed by atoms with E-state index in [2.05, 4.69) is 29.8 Å². The average molecular weight is 784 g/mol. The molecule has 15 heteroatoms. The van der Waals surface area contributed by atoms with Crippen LogP contribution in [0.2, 0.25) is 0 Å². The van der Waals surface area contributed by atoms with Gasteiger partial charge in [0, 0.05) is 44.3 Å². The summed E-state index contributed by atoms with van der Waals surface area (Å²) in [5.41, 5.74) is 1.72. The minimum atomic E-state index is -1.13. The van der Waals surface area contributed by atoms with E-state index in [1.807, 2.05) is 36.4 Å². The molecular weight excluding hydrogens is 726 g/mol. The highest BCUT2D eigenvalue weighted by atomic mass is 16.7. The summed E-state index contributed by atoms with van der Waals surface area (Å²) in [5, 5.41) is 8.45. The molecule has 2 saturated heterocycles. The lowest BCUT2D eigenvalue weighted by Gasteiger charge is -2.47. The molecule has 5 atom stereocenters. The molecular formula is C41H57N3O12. The van der Waals surface area contributed by atoms with E-state index < -0.39 is 48.3 Å². The van der Waals surface area contributed by atoms with Crippen molar-refractivity contribution in [3.8, 4) is 17.2 Å². The van der Waals surface area contributed by atoms with Gasteiger partial charge in [0.05, 0.1) is 25.9 Å². The summed E-state index contributed by atoms with van der Waals surface area (Å²) in [5.74, 6) is 0.405. The van der Waals surface area contributed by atoms with E-state index in [0.717, 1.165) is 23.3 Å². The van der Waals surface area contributed by atoms with Gasteiger partial charge in [0.1, 0.15) is 24.5 Å². The van der Waals surface area contributed by atoms with Gasteiger partial charge in [0.2, 0.25) is 12.7 Å². The van der Waals surface area contributed by atoms with E-state index in [4.69, 9.17) is 37.9 Å². The summed E-state index contributed by atoms with van der Waals surface area (Å²) >= 11 is 0. The number of hydrogen-bond acceptors (Lipinski definition) is 12. The fourth-order valence-electron chi connectivity index (χ4n) is 7.23. The van der Waals surface area contributed by atoms with E-state index in [0.29, 0.717) is 68.9 Å². The smallest absolute Gasteiger partial charge is 0.407 e. The van der Waals surface area contributed by atoms with Crippen LogP contribution in [0, 0.1) is 5.92 Å². The minimum absolute atomic E-state index is 0.00346. The summed E-state index contributed by atoms with van der Waals surface area (Å²) in [6, 6.07) is 12.3. The Bertz CT molecular complexity index is 1620. The number of fused-ring (bicyclic) bond motifs is 1. The zero-order valence-electron chi connectivity index (χ0n) is 32.9. The Morgan fingerprint density at radius 3 is 2.54 bits per heavy atom. The van der Waals surface area contributed by atoms with Gasteiger partial charge in [-0.25, -0.2) is 14.4 Å². The molecule has 0 aliphatic carbocycles. The number of esters is 1. The molecule has 2 aromatic rings. The van der Waals surface area contributed by atoms with Gasteiger partial charge in [-0.05, 0) is 69.1 Å². The second kappa shape index (κ2) is 21.0. The first-order chi connectivity index (χ1) is 27.1. The largest absolute Gasteiger partial charge is 0.496 e. The third-order valence-corrected chi connectivity index (χ3v) is 9.98. The van der Waals surface area contributed by atoms with Crippen LogP contribution >= 0.6 is 0 Å². The monoisotopic (exact) mass is 783 g/mol. The summed E-state index contributed by atoms with van der Waals surface area (Å²) in [4.78, 5) is 51.6. The number of amides is 3. The van der Waals surface area contributed by atoms with Crippen molar-refractivity contribution in [1.82, 2.24) is 16.0 Å². The predicted octanol–water partition coefficient (Wildman–Crippen LogP) is 5.70. The zero-order valence-corrected chi connectivity index (χ0v) is 32.9. The number of benzene rings is 2. The summed E-state index contributed by atoms with van der Waals surface area (Å²) < 4.78 is 46.3. The first-order valence-corrected chi connectivity index (χ1v) is 19.7. The van der Waals surface area contributed by atoms with E-state index in [1.165, 1.54) is 0 Å². The van der Waals surface area contributed by atoms with E-state index in [1.54, 1.807) is 20.1 Å². The highest BCUT2D eigenvalue weighted by Crippen LogP contribution is 2.41. The molecule has 3 amide bonds. The minimum Gasteiger partial charge on any atom is -0.496 e. The number of rotatable bonds is 18. The number of para-hydroxylation sites is 2. The van der Waals surface area contributed by atoms with Gasteiger partial charge in [-0.2, -0.15) is 0 Å². The van der Waals surface area contributed by atoms with Crippen LogP contribution in [0.5, 0.6) is 17.2 Å². The van der Waals surface area contributed by atoms with Gasteiger partial charge >= 0.3 is 18.2 Å². The highest BCUT2D eigenvalue weighted by molar-refractivity contribution is 5.84. The van der Waals surface area contributed by atoms with Gasteiger partial charge in [0.15, 0.2) is 17.3 Å². The molecule has 2 aromatic carbocycles. The van der Waals surface area contributed by atoms with Crippen molar-refractivity contribution in [2.24, 2.45) is 5.92 Å². The Morgan fingerprint density at radius 1 is 0.929 bits per heavy atom. The molecule has 56 heavy (non-hydrogen) atoms. The van der Waals surface area contributed by atoms with Crippen LogP contribution in [0.1, 0.15) is 89.7 Å². The molecule has 0 saturated carbocycles. The van der Waals surface area contributed by atoms with Crippen molar-refractivity contribution in [3.63, 3.8) is 0 Å². The standard InChI is InChI=1S/C41H57N3O12/c1-5-50-38(46)33(17-15-27(2)3)44-36(45)18-16-30-22-32(54-40(48)43-24-29-11-8-14-35-37(29)53-26-52-35)23-41(55-30)20-9-12-31(56-41)25-51-39(47)42-21-19-28-10-6-7-13-34(28)49-4/h6-8,10-11,13-14,27,30-33H,5,9,12,15-26H2,1-4H3,(H,42,47)(H,43,48)(H,44,45)/t30-,31-,32-,33+,41+/m1/s1. The zero-order chi connectivity index (χ0) is 39.9. The van der Waals surface area contributed by atoms with Crippen LogP contribution in [0.3, 0.4) is 0 Å². The Balaban J connectivity index is 1.18. The van der Waals surface area contributed by atoms with Crippen LogP contribution in [0.4, 0.5) is 9.59 Å². The molecule has 2 fully saturated rings. The maximum absolute atomic E-state index is 13.2. The molecule has 308 valence electrons. The molecule has 0 aromatic heterocycles. The average Bonchev–Trinajstić information content (AvgIpc) is 3.67. The molecule has 0 radical (unpaired) electrons. The second-order valence-electron chi connectivity index (χ2n) is 14.7. The Labute approximate surface area is 328 Å². The lowest BCUT2D eigenvalue weighted by Crippen LogP contribution is -2.54. The number of ether oxygens (including phenoxy) is 8. The number of carbonyl (C=O) groups is 4. The quantitative estimate of drug-likeness (QED) is 0.124. The summed E-state index contributed by atoms with van der Waals surface area (Å²) in [6.45, 7) is 6.70. The number of methoxy groups -OCH3 is 1. The summed E-state index contributed by atoms with van der Waals surface area (Å²) in [6.07, 6.45) is 1.84. The molecule has 3 aliphatic rings. The predicted molar refractivity (Wildman–Crippen MR) is 203 cm³/mol. The van der Waals surface area contributed by atoms with E-state index >= 15 is 0 Å². The molecule has 5 rings (SSSR count). The molecule has 3 heterocycles. The van der Waals surface area contributed by atoms with Crippen molar-refractivity contribution in [2.75, 3.05) is 33.7 Å². The third kappa shape index (κ3) is 12.6. The van der Waals surface area contributed by atoms with Gasteiger partial charge in [-0.3, -0.25) is 4.79 Å². The van der Waals surface area contributed by atoms with Crippen molar-refractivity contribution in [2.45, 2.75) is 122 Å². The Kier molecular flexibility index (Phi) is 15.9. The van der Waals surface area contributed by atoms with Crippen LogP contribution in [-0.2, 0) is 46.2 Å². The van der Waals surface area contributed by atoms with Crippen molar-refractivity contribution >= 4 is 24.1 Å². The fraction of sp³-hybridized carbons (Fsp3) is 0.610. The van der Waals surface area contributed by atoms with Gasteiger partial charge in [0.25, 0.3) is 0 Å². The van der Waals surface area contributed by atoms with Gasteiger partial charge in [-0.15, -0.1) is 0 Å². The maximum atomic E-state index is 13.2. The lowest BCUT2D eigenvalue weighted by molar-refractivity contribution is -0.329. The Morgan fingerprint density at radius 2 is 1.73 bits per heavy atom. The fourth-order valence-corrected chi connectivity index (χ4v) is 7.23. The molecule has 15 nitrogen and oxygen atoms in total. The number of carbonyl (C=O) groups excluding carboxylic acids is 4. The van der Waals surface area contributed by atoms with Crippen LogP contribution < -0.4 is 30.2 Å². The number of hydrogen-bond donors (Lipinski definition) is 3. The van der Waals surface area contributed by atoms with Crippen molar-refractivity contribution in [3.05, 3.63) is 53.6 Å². The first kappa shape index (κ1) is 42.4. The molecule has 3 aliphatic heterocycles. The first-order valence-electron chi connectivity index (χ1n) is 19.7. The third-order valence-electron chi connectivity index (χ3n) is 9.98. The van der Waals surface area contributed by atoms with E-state index in [-0.39, 0.29) is 45.3 Å². The van der Waals surface area contributed by atoms with Crippen LogP contribution in [-0.4, -0.2) is 87.9 Å². The molecule has 3 N–H and O–H groups in total. The van der Waals surface area contributed by atoms with E-state index in [9.17, 15) is 19.2 Å². The lowest BCUT2D eigenvalue weighted by atomic mass is 9.90. The SMILES string of the molecule is CCOC(=O)[C@H](CCC(C)C)NC(=O)CC[C@@H]1C[C@@H](OC(=O)NCc2cccc3c2OCO3)C[C@@]2(CCC[C@H](COC(=O)NCCc3ccccc3OC)O2)O1. The second-order valence-corrected chi connectivity index (χ2v) is 14.7. The normalized spacial score (nSPS) is 21.8. The number of nitrogens with one attached hydrogen (secondary N) is 3. The van der Waals surface area contributed by atoms with Crippen molar-refractivity contribution in [1.29, 1.82) is 0 Å². The summed E-state index contributed by atoms with van der Waals surface area (Å²) in [7, 11) is 1.61. The molecule has 0 bridgehead atoms. The van der Waals surface area contributed by atoms with Crippen LogP contribution in [0.25, 0.3) is 0 Å². The van der Waals surface area contributed by atoms with Crippen LogP contribution in [0.15, 0.2) is 42.5 Å². The topological polar surface area (TPSA) is 178 Å². The van der Waals surface area contributed by atoms with Crippen molar-refractivity contribution < 1.29 is 57.1 Å².